The van der Waals surface area contributed by atoms with E-state index in [0.717, 1.165) is 23.7 Å². The molecule has 3 nitrogen and oxygen atoms in total. The summed E-state index contributed by atoms with van der Waals surface area (Å²) in [4.78, 5) is 4.64. The fraction of sp³-hybridized carbons (Fsp3) is 0.786. The Morgan fingerprint density at radius 1 is 1.39 bits per heavy atom. The molecule has 0 spiro atoms. The van der Waals surface area contributed by atoms with Crippen molar-refractivity contribution in [2.45, 2.75) is 59.0 Å². The second-order valence-corrected chi connectivity index (χ2v) is 7.21. The number of aliphatic hydroxyl groups is 1. The minimum atomic E-state index is 0.114. The third kappa shape index (κ3) is 5.04. The Hall–Kier alpha value is -0.450. The summed E-state index contributed by atoms with van der Waals surface area (Å²) >= 11 is 1.69. The van der Waals surface area contributed by atoms with Gasteiger partial charge >= 0.3 is 0 Å². The Bertz CT molecular complexity index is 355. The predicted molar refractivity (Wildman–Crippen MR) is 78.0 cm³/mol. The number of nitrogens with one attached hydrogen (secondary N) is 1. The average molecular weight is 270 g/mol. The highest BCUT2D eigenvalue weighted by atomic mass is 32.1. The van der Waals surface area contributed by atoms with Crippen LogP contribution in [0.25, 0.3) is 0 Å². The highest BCUT2D eigenvalue weighted by Gasteiger charge is 2.17. The van der Waals surface area contributed by atoms with Crippen LogP contribution in [-0.4, -0.2) is 22.7 Å². The second-order valence-electron chi connectivity index (χ2n) is 6.27. The van der Waals surface area contributed by atoms with E-state index in [2.05, 4.69) is 50.3 Å². The van der Waals surface area contributed by atoms with E-state index in [1.165, 1.54) is 0 Å². The fourth-order valence-electron chi connectivity index (χ4n) is 1.76. The Morgan fingerprint density at radius 2 is 2.06 bits per heavy atom. The lowest BCUT2D eigenvalue weighted by atomic mass is 9.93. The largest absolute Gasteiger partial charge is 0.395 e. The average Bonchev–Trinajstić information content (AvgIpc) is 2.71. The molecular formula is C14H26N2OS. The molecule has 0 fully saturated rings. The van der Waals surface area contributed by atoms with E-state index in [0.29, 0.717) is 5.92 Å². The summed E-state index contributed by atoms with van der Waals surface area (Å²) in [6.07, 6.45) is 0.994. The molecule has 1 heterocycles. The van der Waals surface area contributed by atoms with Crippen molar-refractivity contribution in [3.63, 3.8) is 0 Å². The molecule has 4 heteroatoms. The summed E-state index contributed by atoms with van der Waals surface area (Å²) in [5, 5.41) is 15.9. The number of rotatable bonds is 6. The molecule has 0 aliphatic heterocycles. The smallest absolute Gasteiger partial charge is 0.107 e. The molecule has 0 aliphatic rings. The number of hydrogen-bond donors (Lipinski definition) is 2. The standard InChI is InChI=1S/C14H26N2OS/c1-10(2)6-11(8-17)15-7-13-16-12(9-18-13)14(3,4)5/h9-11,15,17H,6-8H2,1-5H3. The summed E-state index contributed by atoms with van der Waals surface area (Å²) < 4.78 is 0. The normalized spacial score (nSPS) is 14.2. The Labute approximate surface area is 115 Å². The van der Waals surface area contributed by atoms with Crippen LogP contribution in [0.3, 0.4) is 0 Å². The van der Waals surface area contributed by atoms with Crippen molar-refractivity contribution < 1.29 is 5.11 Å². The Balaban J connectivity index is 2.50. The molecule has 2 N–H and O–H groups in total. The van der Waals surface area contributed by atoms with Crippen LogP contribution in [0.15, 0.2) is 5.38 Å². The van der Waals surface area contributed by atoms with Crippen LogP contribution in [0.1, 0.15) is 51.7 Å². The molecule has 1 atom stereocenters. The van der Waals surface area contributed by atoms with E-state index in [-0.39, 0.29) is 18.1 Å². The topological polar surface area (TPSA) is 45.1 Å². The molecule has 0 bridgehead atoms. The maximum atomic E-state index is 9.31. The first-order valence-corrected chi connectivity index (χ1v) is 7.50. The van der Waals surface area contributed by atoms with Gasteiger partial charge in [0.1, 0.15) is 5.01 Å². The van der Waals surface area contributed by atoms with Crippen LogP contribution in [0.5, 0.6) is 0 Å². The van der Waals surface area contributed by atoms with Crippen LogP contribution in [0, 0.1) is 5.92 Å². The Morgan fingerprint density at radius 3 is 2.50 bits per heavy atom. The maximum absolute atomic E-state index is 9.31. The van der Waals surface area contributed by atoms with E-state index in [9.17, 15) is 5.11 Å². The molecule has 104 valence electrons. The molecule has 1 aromatic rings. The molecule has 1 unspecified atom stereocenters. The van der Waals surface area contributed by atoms with Crippen molar-refractivity contribution in [1.29, 1.82) is 0 Å². The van der Waals surface area contributed by atoms with Crippen molar-refractivity contribution in [1.82, 2.24) is 10.3 Å². The van der Waals surface area contributed by atoms with E-state index in [4.69, 9.17) is 0 Å². The van der Waals surface area contributed by atoms with Gasteiger partial charge in [-0.2, -0.15) is 0 Å². The molecule has 0 saturated carbocycles. The number of nitrogens with zero attached hydrogens (tertiary/aromatic N) is 1. The number of aromatic nitrogens is 1. The van der Waals surface area contributed by atoms with Gasteiger partial charge in [-0.1, -0.05) is 34.6 Å². The lowest BCUT2D eigenvalue weighted by molar-refractivity contribution is 0.223. The third-order valence-corrected chi connectivity index (χ3v) is 3.69. The maximum Gasteiger partial charge on any atom is 0.107 e. The fourth-order valence-corrected chi connectivity index (χ4v) is 2.73. The van der Waals surface area contributed by atoms with Gasteiger partial charge in [-0.05, 0) is 12.3 Å². The molecule has 0 aromatic carbocycles. The molecular weight excluding hydrogens is 244 g/mol. The van der Waals surface area contributed by atoms with E-state index < -0.39 is 0 Å². The zero-order valence-electron chi connectivity index (χ0n) is 12.2. The SMILES string of the molecule is CC(C)CC(CO)NCc1nc(C(C)(C)C)cs1. The summed E-state index contributed by atoms with van der Waals surface area (Å²) in [6.45, 7) is 11.8. The van der Waals surface area contributed by atoms with Crippen molar-refractivity contribution in [2.75, 3.05) is 6.61 Å². The summed E-state index contributed by atoms with van der Waals surface area (Å²) in [5.74, 6) is 0.594. The van der Waals surface area contributed by atoms with Crippen LogP contribution in [-0.2, 0) is 12.0 Å². The number of thiazole rings is 1. The molecule has 0 radical (unpaired) electrons. The van der Waals surface area contributed by atoms with Crippen molar-refractivity contribution >= 4 is 11.3 Å². The van der Waals surface area contributed by atoms with E-state index in [1.807, 2.05) is 0 Å². The van der Waals surface area contributed by atoms with Gasteiger partial charge in [0, 0.05) is 23.4 Å². The lowest BCUT2D eigenvalue weighted by Crippen LogP contribution is -2.33. The molecule has 0 amide bonds. The van der Waals surface area contributed by atoms with Gasteiger partial charge in [-0.15, -0.1) is 11.3 Å². The van der Waals surface area contributed by atoms with Gasteiger partial charge in [0.2, 0.25) is 0 Å². The molecule has 18 heavy (non-hydrogen) atoms. The summed E-state index contributed by atoms with van der Waals surface area (Å²) in [6, 6.07) is 0.173. The van der Waals surface area contributed by atoms with Gasteiger partial charge in [0.25, 0.3) is 0 Å². The minimum Gasteiger partial charge on any atom is -0.395 e. The first-order chi connectivity index (χ1) is 8.32. The van der Waals surface area contributed by atoms with Gasteiger partial charge in [-0.3, -0.25) is 0 Å². The zero-order valence-corrected chi connectivity index (χ0v) is 13.0. The van der Waals surface area contributed by atoms with Crippen molar-refractivity contribution in [2.24, 2.45) is 5.92 Å². The van der Waals surface area contributed by atoms with Crippen molar-refractivity contribution in [3.05, 3.63) is 16.1 Å². The lowest BCUT2D eigenvalue weighted by Gasteiger charge is -2.17. The van der Waals surface area contributed by atoms with Crippen LogP contribution < -0.4 is 5.32 Å². The summed E-state index contributed by atoms with van der Waals surface area (Å²) in [5.41, 5.74) is 1.26. The summed E-state index contributed by atoms with van der Waals surface area (Å²) in [7, 11) is 0. The van der Waals surface area contributed by atoms with Gasteiger partial charge in [0.05, 0.1) is 12.3 Å². The highest BCUT2D eigenvalue weighted by molar-refractivity contribution is 7.09. The molecule has 0 saturated heterocycles. The van der Waals surface area contributed by atoms with E-state index >= 15 is 0 Å². The molecule has 0 aliphatic carbocycles. The van der Waals surface area contributed by atoms with Crippen molar-refractivity contribution in [3.8, 4) is 0 Å². The zero-order chi connectivity index (χ0) is 13.8. The highest BCUT2D eigenvalue weighted by Crippen LogP contribution is 2.23. The monoisotopic (exact) mass is 270 g/mol. The first kappa shape index (κ1) is 15.6. The van der Waals surface area contributed by atoms with Crippen LogP contribution in [0.4, 0.5) is 0 Å². The van der Waals surface area contributed by atoms with Crippen LogP contribution in [0.2, 0.25) is 0 Å². The molecule has 1 rings (SSSR count). The van der Waals surface area contributed by atoms with Gasteiger partial charge in [-0.25, -0.2) is 4.98 Å². The van der Waals surface area contributed by atoms with Gasteiger partial charge in [0.15, 0.2) is 0 Å². The number of aliphatic hydroxyl groups excluding tert-OH is 1. The number of hydrogen-bond acceptors (Lipinski definition) is 4. The van der Waals surface area contributed by atoms with Crippen LogP contribution >= 0.6 is 11.3 Å². The first-order valence-electron chi connectivity index (χ1n) is 6.62. The second kappa shape index (κ2) is 6.64. The van der Waals surface area contributed by atoms with E-state index in [1.54, 1.807) is 11.3 Å². The Kier molecular flexibility index (Phi) is 5.76. The third-order valence-electron chi connectivity index (χ3n) is 2.84. The van der Waals surface area contributed by atoms with Gasteiger partial charge < -0.3 is 10.4 Å². The predicted octanol–water partition coefficient (Wildman–Crippen LogP) is 2.94. The quantitative estimate of drug-likeness (QED) is 0.835. The molecule has 1 aromatic heterocycles. The minimum absolute atomic E-state index is 0.114.